The molecule has 1 aromatic carbocycles. The monoisotopic (exact) mass is 427 g/mol. The summed E-state index contributed by atoms with van der Waals surface area (Å²) in [5.74, 6) is 2.27. The molecule has 4 fully saturated rings. The molecule has 1 unspecified atom stereocenters. The topological polar surface area (TPSA) is 64.9 Å². The van der Waals surface area contributed by atoms with Gasteiger partial charge in [0.05, 0.1) is 0 Å². The third-order valence-corrected chi connectivity index (χ3v) is 7.42. The van der Waals surface area contributed by atoms with Crippen molar-refractivity contribution in [1.29, 1.82) is 5.26 Å². The molecule has 1 atom stereocenters. The minimum absolute atomic E-state index is 0.112. The first kappa shape index (κ1) is 18.6. The molecular weight excluding hydrogens is 402 g/mol. The smallest absolute Gasteiger partial charge is 0.263 e. The van der Waals surface area contributed by atoms with E-state index in [-0.39, 0.29) is 22.9 Å². The van der Waals surface area contributed by atoms with Crippen LogP contribution in [0.15, 0.2) is 40.5 Å². The van der Waals surface area contributed by atoms with Crippen LogP contribution >= 0.6 is 15.9 Å². The second-order valence-corrected chi connectivity index (χ2v) is 9.72. The first-order valence-corrected chi connectivity index (χ1v) is 10.7. The molecule has 142 valence electrons. The lowest BCUT2D eigenvalue weighted by Crippen LogP contribution is -2.56. The van der Waals surface area contributed by atoms with Gasteiger partial charge in [-0.15, -0.1) is 0 Å². The number of halogens is 1. The van der Waals surface area contributed by atoms with Crippen LogP contribution in [0.4, 0.5) is 5.69 Å². The number of nitriles is 1. The van der Waals surface area contributed by atoms with Crippen molar-refractivity contribution in [2.75, 3.05) is 5.32 Å². The number of hydrogen-bond acceptors (Lipinski definition) is 3. The first-order valence-electron chi connectivity index (χ1n) is 9.91. The maximum absolute atomic E-state index is 12.7. The van der Waals surface area contributed by atoms with Crippen molar-refractivity contribution >= 4 is 27.5 Å². The SMILES string of the molecule is CC(NC(=O)/C(C#N)=C\Nc1cccc(Br)c1)C12CC3CC(CC(C3)C1)C2. The molecule has 4 aliphatic carbocycles. The second-order valence-electron chi connectivity index (χ2n) is 8.80. The molecular formula is C22H26BrN3O. The van der Waals surface area contributed by atoms with Gasteiger partial charge < -0.3 is 10.6 Å². The lowest BCUT2D eigenvalue weighted by atomic mass is 9.48. The Labute approximate surface area is 169 Å². The summed E-state index contributed by atoms with van der Waals surface area (Å²) in [7, 11) is 0. The van der Waals surface area contributed by atoms with Crippen LogP contribution in [0.2, 0.25) is 0 Å². The summed E-state index contributed by atoms with van der Waals surface area (Å²) in [6.45, 7) is 2.14. The maximum Gasteiger partial charge on any atom is 0.263 e. The normalized spacial score (nSPS) is 32.6. The Morgan fingerprint density at radius 3 is 2.44 bits per heavy atom. The van der Waals surface area contributed by atoms with Crippen LogP contribution in [0.1, 0.15) is 45.4 Å². The van der Waals surface area contributed by atoms with Crippen molar-refractivity contribution < 1.29 is 4.79 Å². The first-order chi connectivity index (χ1) is 13.0. The van der Waals surface area contributed by atoms with E-state index in [1.807, 2.05) is 30.3 Å². The molecule has 0 heterocycles. The third-order valence-electron chi connectivity index (χ3n) is 6.92. The van der Waals surface area contributed by atoms with E-state index in [4.69, 9.17) is 0 Å². The van der Waals surface area contributed by atoms with E-state index in [2.05, 4.69) is 33.5 Å². The molecule has 0 aromatic heterocycles. The zero-order valence-electron chi connectivity index (χ0n) is 15.7. The number of nitrogens with zero attached hydrogens (tertiary/aromatic N) is 1. The van der Waals surface area contributed by atoms with Gasteiger partial charge in [0.1, 0.15) is 11.6 Å². The summed E-state index contributed by atoms with van der Waals surface area (Å²) in [6, 6.07) is 9.79. The summed E-state index contributed by atoms with van der Waals surface area (Å²) < 4.78 is 0.944. The maximum atomic E-state index is 12.7. The zero-order chi connectivity index (χ0) is 19.0. The Balaban J connectivity index is 1.43. The molecule has 4 bridgehead atoms. The van der Waals surface area contributed by atoms with E-state index < -0.39 is 0 Å². The van der Waals surface area contributed by atoms with Gasteiger partial charge in [-0.05, 0) is 86.8 Å². The number of carbonyl (C=O) groups excluding carboxylic acids is 1. The van der Waals surface area contributed by atoms with Gasteiger partial charge in [-0.2, -0.15) is 5.26 Å². The van der Waals surface area contributed by atoms with E-state index in [0.717, 1.165) is 27.9 Å². The fourth-order valence-corrected chi connectivity index (χ4v) is 6.42. The predicted octanol–water partition coefficient (Wildman–Crippen LogP) is 4.99. The Bertz CT molecular complexity index is 775. The van der Waals surface area contributed by atoms with Crippen LogP contribution in [0.25, 0.3) is 0 Å². The van der Waals surface area contributed by atoms with E-state index in [1.165, 1.54) is 44.7 Å². The molecule has 27 heavy (non-hydrogen) atoms. The molecule has 4 aliphatic rings. The molecule has 4 nitrogen and oxygen atoms in total. The molecule has 1 amide bonds. The molecule has 1 aromatic rings. The van der Waals surface area contributed by atoms with Gasteiger partial charge in [0.2, 0.25) is 0 Å². The molecule has 4 saturated carbocycles. The van der Waals surface area contributed by atoms with Crippen LogP contribution in [0, 0.1) is 34.5 Å². The fourth-order valence-electron chi connectivity index (χ4n) is 6.02. The van der Waals surface area contributed by atoms with Gasteiger partial charge in [0.25, 0.3) is 5.91 Å². The highest BCUT2D eigenvalue weighted by Gasteiger charge is 2.53. The van der Waals surface area contributed by atoms with Crippen molar-refractivity contribution in [3.05, 3.63) is 40.5 Å². The van der Waals surface area contributed by atoms with Crippen LogP contribution < -0.4 is 10.6 Å². The summed E-state index contributed by atoms with van der Waals surface area (Å²) in [5.41, 5.74) is 1.19. The Kier molecular flexibility index (Phi) is 5.03. The highest BCUT2D eigenvalue weighted by molar-refractivity contribution is 9.10. The van der Waals surface area contributed by atoms with Gasteiger partial charge in [0.15, 0.2) is 0 Å². The quantitative estimate of drug-likeness (QED) is 0.513. The number of nitrogens with one attached hydrogen (secondary N) is 2. The zero-order valence-corrected chi connectivity index (χ0v) is 17.3. The largest absolute Gasteiger partial charge is 0.360 e. The minimum atomic E-state index is -0.275. The van der Waals surface area contributed by atoms with Gasteiger partial charge >= 0.3 is 0 Å². The predicted molar refractivity (Wildman–Crippen MR) is 110 cm³/mol. The lowest BCUT2D eigenvalue weighted by Gasteiger charge is -2.59. The average Bonchev–Trinajstić information content (AvgIpc) is 2.61. The van der Waals surface area contributed by atoms with Crippen molar-refractivity contribution in [3.8, 4) is 6.07 Å². The standard InChI is InChI=1S/C22H26BrN3O/c1-14(22-9-15-5-16(10-22)7-17(6-15)11-22)26-21(27)18(12-24)13-25-20-4-2-3-19(23)8-20/h2-4,8,13-17,25H,5-7,9-11H2,1H3,(H,26,27)/b18-13-. The fraction of sp³-hybridized carbons (Fsp3) is 0.545. The number of rotatable bonds is 5. The summed E-state index contributed by atoms with van der Waals surface area (Å²) in [4.78, 5) is 12.7. The van der Waals surface area contributed by atoms with E-state index in [1.54, 1.807) is 0 Å². The Morgan fingerprint density at radius 2 is 1.89 bits per heavy atom. The molecule has 5 rings (SSSR count). The average molecular weight is 428 g/mol. The van der Waals surface area contributed by atoms with Crippen LogP contribution in [-0.4, -0.2) is 11.9 Å². The number of anilines is 1. The second kappa shape index (κ2) is 7.31. The molecule has 0 radical (unpaired) electrons. The van der Waals surface area contributed by atoms with Crippen molar-refractivity contribution in [2.45, 2.75) is 51.5 Å². The number of amides is 1. The van der Waals surface area contributed by atoms with Crippen LogP contribution in [0.5, 0.6) is 0 Å². The van der Waals surface area contributed by atoms with Crippen molar-refractivity contribution in [3.63, 3.8) is 0 Å². The highest BCUT2D eigenvalue weighted by atomic mass is 79.9. The Hall–Kier alpha value is -1.80. The van der Waals surface area contributed by atoms with Gasteiger partial charge in [-0.1, -0.05) is 22.0 Å². The van der Waals surface area contributed by atoms with Gasteiger partial charge in [0, 0.05) is 22.4 Å². The molecule has 0 aliphatic heterocycles. The molecule has 0 saturated heterocycles. The summed E-state index contributed by atoms with van der Waals surface area (Å²) in [6.07, 6.45) is 9.38. The van der Waals surface area contributed by atoms with Gasteiger partial charge in [-0.3, -0.25) is 4.79 Å². The van der Waals surface area contributed by atoms with Gasteiger partial charge in [-0.25, -0.2) is 0 Å². The number of benzene rings is 1. The van der Waals surface area contributed by atoms with Crippen LogP contribution in [0.3, 0.4) is 0 Å². The van der Waals surface area contributed by atoms with Crippen molar-refractivity contribution in [2.24, 2.45) is 23.2 Å². The van der Waals surface area contributed by atoms with Crippen LogP contribution in [-0.2, 0) is 4.79 Å². The highest BCUT2D eigenvalue weighted by Crippen LogP contribution is 2.61. The third kappa shape index (κ3) is 3.78. The van der Waals surface area contributed by atoms with E-state index >= 15 is 0 Å². The minimum Gasteiger partial charge on any atom is -0.360 e. The summed E-state index contributed by atoms with van der Waals surface area (Å²) >= 11 is 3.42. The lowest BCUT2D eigenvalue weighted by molar-refractivity contribution is -0.122. The number of carbonyl (C=O) groups is 1. The summed E-state index contributed by atoms with van der Waals surface area (Å²) in [5, 5.41) is 15.7. The molecule has 0 spiro atoms. The molecule has 5 heteroatoms. The van der Waals surface area contributed by atoms with E-state index in [0.29, 0.717) is 0 Å². The van der Waals surface area contributed by atoms with E-state index in [9.17, 15) is 10.1 Å². The molecule has 2 N–H and O–H groups in total. The number of hydrogen-bond donors (Lipinski definition) is 2. The van der Waals surface area contributed by atoms with Crippen molar-refractivity contribution in [1.82, 2.24) is 5.32 Å². The Morgan fingerprint density at radius 1 is 1.26 bits per heavy atom.